The fourth-order valence-electron chi connectivity index (χ4n) is 1.98. The Bertz CT molecular complexity index is 319. The summed E-state index contributed by atoms with van der Waals surface area (Å²) in [4.78, 5) is 0. The summed E-state index contributed by atoms with van der Waals surface area (Å²) in [5.41, 5.74) is 8.69. The molecule has 13 heavy (non-hydrogen) atoms. The molecule has 1 heterocycles. The number of hydrogen-bond acceptors (Lipinski definition) is 2. The fraction of sp³-hybridized carbons (Fsp3) is 0.667. The van der Waals surface area contributed by atoms with Crippen molar-refractivity contribution in [1.82, 2.24) is 9.78 Å². The molecule has 1 aliphatic carbocycles. The molecule has 0 radical (unpaired) electrons. The van der Waals surface area contributed by atoms with E-state index in [1.807, 2.05) is 7.05 Å². The highest BCUT2D eigenvalue weighted by atomic mass is 19.1. The van der Waals surface area contributed by atoms with E-state index in [9.17, 15) is 4.39 Å². The van der Waals surface area contributed by atoms with Crippen LogP contribution in [0.15, 0.2) is 0 Å². The van der Waals surface area contributed by atoms with Gasteiger partial charge in [0.25, 0.3) is 0 Å². The highest BCUT2D eigenvalue weighted by molar-refractivity contribution is 5.29. The Morgan fingerprint density at radius 2 is 2.46 bits per heavy atom. The third-order valence-electron chi connectivity index (χ3n) is 2.67. The molecule has 0 amide bonds. The minimum absolute atomic E-state index is 0.458. The molecular weight excluding hydrogens is 169 g/mol. The predicted molar refractivity (Wildman–Crippen MR) is 48.0 cm³/mol. The van der Waals surface area contributed by atoms with Crippen LogP contribution in [0.3, 0.4) is 0 Å². The highest BCUT2D eigenvalue weighted by Gasteiger charge is 2.24. The van der Waals surface area contributed by atoms with Crippen LogP contribution in [0.25, 0.3) is 0 Å². The number of aryl methyl sites for hydroxylation is 1. The maximum Gasteiger partial charge on any atom is 0.106 e. The minimum atomic E-state index is -0.700. The molecule has 2 rings (SSSR count). The number of alkyl halides is 1. The van der Waals surface area contributed by atoms with Gasteiger partial charge in [-0.2, -0.15) is 5.10 Å². The number of nitrogens with two attached hydrogens (primary N) is 1. The molecule has 4 heteroatoms. The average Bonchev–Trinajstić information content (AvgIpc) is 2.43. The lowest BCUT2D eigenvalue weighted by atomic mass is 9.94. The van der Waals surface area contributed by atoms with Gasteiger partial charge in [-0.3, -0.25) is 4.68 Å². The summed E-state index contributed by atoms with van der Waals surface area (Å²) < 4.78 is 14.9. The fourth-order valence-corrected chi connectivity index (χ4v) is 1.98. The molecule has 0 aliphatic heterocycles. The Labute approximate surface area is 76.7 Å². The topological polar surface area (TPSA) is 43.8 Å². The van der Waals surface area contributed by atoms with E-state index >= 15 is 0 Å². The molecule has 0 fully saturated rings. The summed E-state index contributed by atoms with van der Waals surface area (Å²) >= 11 is 0. The molecular formula is C9H14FN3. The summed E-state index contributed by atoms with van der Waals surface area (Å²) in [5, 5.41) is 4.27. The van der Waals surface area contributed by atoms with Gasteiger partial charge < -0.3 is 5.73 Å². The van der Waals surface area contributed by atoms with Gasteiger partial charge in [0.15, 0.2) is 0 Å². The number of hydrogen-bond donors (Lipinski definition) is 1. The maximum atomic E-state index is 13.1. The van der Waals surface area contributed by atoms with Gasteiger partial charge >= 0.3 is 0 Å². The van der Waals surface area contributed by atoms with E-state index in [-0.39, 0.29) is 0 Å². The molecule has 0 spiro atoms. The zero-order valence-electron chi connectivity index (χ0n) is 7.76. The average molecular weight is 183 g/mol. The number of halogens is 1. The van der Waals surface area contributed by atoms with Crippen LogP contribution >= 0.6 is 0 Å². The van der Waals surface area contributed by atoms with Crippen molar-refractivity contribution in [3.8, 4) is 0 Å². The molecule has 1 unspecified atom stereocenters. The molecule has 0 aromatic carbocycles. The molecule has 72 valence electrons. The second-order valence-corrected chi connectivity index (χ2v) is 3.54. The Morgan fingerprint density at radius 1 is 1.69 bits per heavy atom. The molecule has 0 saturated carbocycles. The first kappa shape index (κ1) is 8.69. The third kappa shape index (κ3) is 1.35. The largest absolute Gasteiger partial charge is 0.325 e. The SMILES string of the molecule is Cn1nc(CN)c2c1CC(F)CC2. The molecule has 0 saturated heterocycles. The lowest BCUT2D eigenvalue weighted by Gasteiger charge is -2.16. The van der Waals surface area contributed by atoms with Crippen molar-refractivity contribution in [3.63, 3.8) is 0 Å². The first-order valence-corrected chi connectivity index (χ1v) is 4.60. The Kier molecular flexibility index (Phi) is 2.07. The van der Waals surface area contributed by atoms with Crippen molar-refractivity contribution in [3.05, 3.63) is 17.0 Å². The normalized spacial score (nSPS) is 21.6. The van der Waals surface area contributed by atoms with Crippen LogP contribution in [0.2, 0.25) is 0 Å². The van der Waals surface area contributed by atoms with E-state index < -0.39 is 6.17 Å². The van der Waals surface area contributed by atoms with Gasteiger partial charge in [-0.15, -0.1) is 0 Å². The standard InChI is InChI=1S/C9H14FN3/c1-13-9-4-6(10)2-3-7(9)8(5-11)12-13/h6H,2-5,11H2,1H3. The van der Waals surface area contributed by atoms with Gasteiger partial charge in [0, 0.05) is 25.7 Å². The van der Waals surface area contributed by atoms with Gasteiger partial charge in [0.1, 0.15) is 6.17 Å². The van der Waals surface area contributed by atoms with E-state index in [2.05, 4.69) is 5.10 Å². The molecule has 1 aromatic rings. The molecule has 1 atom stereocenters. The summed E-state index contributed by atoms with van der Waals surface area (Å²) in [7, 11) is 1.86. The predicted octanol–water partition coefficient (Wildman–Crippen LogP) is 0.706. The van der Waals surface area contributed by atoms with Gasteiger partial charge in [0.2, 0.25) is 0 Å². The van der Waals surface area contributed by atoms with Crippen LogP contribution in [-0.4, -0.2) is 16.0 Å². The van der Waals surface area contributed by atoms with E-state index in [1.165, 1.54) is 5.56 Å². The van der Waals surface area contributed by atoms with Crippen LogP contribution in [0, 0.1) is 0 Å². The zero-order valence-corrected chi connectivity index (χ0v) is 7.76. The second kappa shape index (κ2) is 3.10. The third-order valence-corrected chi connectivity index (χ3v) is 2.67. The maximum absolute atomic E-state index is 13.1. The molecule has 0 bridgehead atoms. The van der Waals surface area contributed by atoms with E-state index in [1.54, 1.807) is 4.68 Å². The van der Waals surface area contributed by atoms with Crippen molar-refractivity contribution in [2.75, 3.05) is 0 Å². The van der Waals surface area contributed by atoms with Crippen molar-refractivity contribution in [2.24, 2.45) is 12.8 Å². The highest BCUT2D eigenvalue weighted by Crippen LogP contribution is 2.25. The summed E-state index contributed by atoms with van der Waals surface area (Å²) in [6, 6.07) is 0. The summed E-state index contributed by atoms with van der Waals surface area (Å²) in [5.74, 6) is 0. The molecule has 2 N–H and O–H groups in total. The van der Waals surface area contributed by atoms with Crippen molar-refractivity contribution in [1.29, 1.82) is 0 Å². The Balaban J connectivity index is 2.42. The lowest BCUT2D eigenvalue weighted by molar-refractivity contribution is 0.295. The Hall–Kier alpha value is -0.900. The van der Waals surface area contributed by atoms with Crippen LogP contribution in [0.1, 0.15) is 23.4 Å². The van der Waals surface area contributed by atoms with Crippen molar-refractivity contribution >= 4 is 0 Å². The van der Waals surface area contributed by atoms with Crippen molar-refractivity contribution in [2.45, 2.75) is 32.0 Å². The van der Waals surface area contributed by atoms with Gasteiger partial charge in [-0.1, -0.05) is 0 Å². The van der Waals surface area contributed by atoms with E-state index in [0.29, 0.717) is 19.4 Å². The number of nitrogens with zero attached hydrogens (tertiary/aromatic N) is 2. The van der Waals surface area contributed by atoms with Crippen molar-refractivity contribution < 1.29 is 4.39 Å². The smallest absolute Gasteiger partial charge is 0.106 e. The van der Waals surface area contributed by atoms with Gasteiger partial charge in [-0.25, -0.2) is 4.39 Å². The quantitative estimate of drug-likeness (QED) is 0.696. The molecule has 1 aliphatic rings. The number of rotatable bonds is 1. The van der Waals surface area contributed by atoms with Crippen LogP contribution in [0.5, 0.6) is 0 Å². The first-order chi connectivity index (χ1) is 6.22. The number of fused-ring (bicyclic) bond motifs is 1. The molecule has 3 nitrogen and oxygen atoms in total. The monoisotopic (exact) mass is 183 g/mol. The van der Waals surface area contributed by atoms with E-state index in [0.717, 1.165) is 17.8 Å². The van der Waals surface area contributed by atoms with Gasteiger partial charge in [0.05, 0.1) is 5.69 Å². The van der Waals surface area contributed by atoms with Gasteiger partial charge in [-0.05, 0) is 18.4 Å². The molecule has 1 aromatic heterocycles. The van der Waals surface area contributed by atoms with Crippen LogP contribution in [0.4, 0.5) is 4.39 Å². The second-order valence-electron chi connectivity index (χ2n) is 3.54. The Morgan fingerprint density at radius 3 is 3.15 bits per heavy atom. The number of aromatic nitrogens is 2. The zero-order chi connectivity index (χ0) is 9.42. The minimum Gasteiger partial charge on any atom is -0.325 e. The van der Waals surface area contributed by atoms with Crippen LogP contribution in [-0.2, 0) is 26.4 Å². The summed E-state index contributed by atoms with van der Waals surface area (Å²) in [6.45, 7) is 0.458. The summed E-state index contributed by atoms with van der Waals surface area (Å²) in [6.07, 6.45) is 1.20. The first-order valence-electron chi connectivity index (χ1n) is 4.60. The van der Waals surface area contributed by atoms with Crippen LogP contribution < -0.4 is 5.73 Å². The lowest BCUT2D eigenvalue weighted by Crippen LogP contribution is -2.17. The van der Waals surface area contributed by atoms with E-state index in [4.69, 9.17) is 5.73 Å².